The van der Waals surface area contributed by atoms with Gasteiger partial charge >= 0.3 is 0 Å². The Labute approximate surface area is 154 Å². The molecule has 1 aliphatic heterocycles. The van der Waals surface area contributed by atoms with Gasteiger partial charge in [0.1, 0.15) is 11.7 Å². The number of ether oxygens (including phenoxy) is 1. The molecule has 6 nitrogen and oxygen atoms in total. The molecular formula is C19H29FN4O2. The summed E-state index contributed by atoms with van der Waals surface area (Å²) in [6.45, 7) is 6.37. The monoisotopic (exact) mass is 364 g/mol. The number of allylic oxidation sites excluding steroid dienone is 3. The highest BCUT2D eigenvalue weighted by Crippen LogP contribution is 2.36. The zero-order valence-corrected chi connectivity index (χ0v) is 15.7. The van der Waals surface area contributed by atoms with Crippen LogP contribution in [-0.2, 0) is 9.53 Å². The average molecular weight is 364 g/mol. The van der Waals surface area contributed by atoms with Gasteiger partial charge in [-0.25, -0.2) is 4.39 Å². The predicted molar refractivity (Wildman–Crippen MR) is 98.8 cm³/mol. The first-order valence-corrected chi connectivity index (χ1v) is 9.55. The van der Waals surface area contributed by atoms with Crippen LogP contribution in [0.2, 0.25) is 0 Å². The molecule has 0 spiro atoms. The van der Waals surface area contributed by atoms with E-state index in [1.54, 1.807) is 4.90 Å². The molecule has 0 bridgehead atoms. The summed E-state index contributed by atoms with van der Waals surface area (Å²) >= 11 is 0. The zero-order chi connectivity index (χ0) is 18.7. The molecule has 0 aromatic carbocycles. The maximum atomic E-state index is 14.3. The van der Waals surface area contributed by atoms with Crippen molar-refractivity contribution in [1.82, 2.24) is 9.80 Å². The number of nitrogens with zero attached hydrogens (tertiary/aromatic N) is 3. The lowest BCUT2D eigenvalue weighted by atomic mass is 9.99. The highest BCUT2D eigenvalue weighted by molar-refractivity contribution is 5.90. The van der Waals surface area contributed by atoms with Crippen molar-refractivity contribution < 1.29 is 13.9 Å². The Hall–Kier alpha value is -2.05. The third-order valence-corrected chi connectivity index (χ3v) is 5.57. The fraction of sp³-hybridized carbons (Fsp3) is 0.684. The van der Waals surface area contributed by atoms with Crippen LogP contribution in [0.1, 0.15) is 46.0 Å². The number of hydrogen-bond donors (Lipinski definition) is 1. The number of hydrogen-bond acceptors (Lipinski definition) is 4. The van der Waals surface area contributed by atoms with E-state index in [0.29, 0.717) is 55.8 Å². The molecule has 0 aromatic rings. The Morgan fingerprint density at radius 2 is 2.19 bits per heavy atom. The third kappa shape index (κ3) is 4.19. The standard InChI is InChI=1S/C19H29FN4O2/c1-3-26-16-7-6-15(17(20)11-16)10-19(25)23-8-9-24(18(12-23)22-21)13(2)14-4-5-14/h11,13-14H,3-10,12,21H2,1-2H3. The fourth-order valence-electron chi connectivity index (χ4n) is 3.77. The van der Waals surface area contributed by atoms with Crippen LogP contribution in [0.3, 0.4) is 0 Å². The van der Waals surface area contributed by atoms with E-state index in [-0.39, 0.29) is 18.2 Å². The van der Waals surface area contributed by atoms with E-state index in [2.05, 4.69) is 16.9 Å². The van der Waals surface area contributed by atoms with Gasteiger partial charge in [0.25, 0.3) is 0 Å². The van der Waals surface area contributed by atoms with Crippen LogP contribution in [0.5, 0.6) is 0 Å². The van der Waals surface area contributed by atoms with Crippen LogP contribution >= 0.6 is 0 Å². The van der Waals surface area contributed by atoms with E-state index < -0.39 is 0 Å². The van der Waals surface area contributed by atoms with Crippen molar-refractivity contribution in [2.75, 3.05) is 26.2 Å². The Morgan fingerprint density at radius 3 is 2.81 bits per heavy atom. The molecule has 144 valence electrons. The van der Waals surface area contributed by atoms with Gasteiger partial charge in [0, 0.05) is 31.6 Å². The van der Waals surface area contributed by atoms with Crippen molar-refractivity contribution >= 4 is 11.7 Å². The number of carbonyl (C=O) groups excluding carboxylic acids is 1. The molecule has 3 rings (SSSR count). The minimum Gasteiger partial charge on any atom is -0.498 e. The molecule has 1 amide bonds. The van der Waals surface area contributed by atoms with Gasteiger partial charge in [-0.15, -0.1) is 0 Å². The van der Waals surface area contributed by atoms with E-state index >= 15 is 0 Å². The van der Waals surface area contributed by atoms with Crippen molar-refractivity contribution in [3.63, 3.8) is 0 Å². The van der Waals surface area contributed by atoms with Gasteiger partial charge in [0.05, 0.1) is 25.3 Å². The van der Waals surface area contributed by atoms with Crippen LogP contribution in [0.25, 0.3) is 0 Å². The summed E-state index contributed by atoms with van der Waals surface area (Å²) in [5.74, 6) is 7.30. The van der Waals surface area contributed by atoms with Crippen LogP contribution in [0.4, 0.5) is 4.39 Å². The SMILES string of the molecule is CCOC1=CC(F)=C(CC(=O)N2CCN(C(C)C3CC3)C(=NN)C2)CC1. The van der Waals surface area contributed by atoms with E-state index in [9.17, 15) is 9.18 Å². The zero-order valence-electron chi connectivity index (χ0n) is 15.7. The van der Waals surface area contributed by atoms with E-state index in [4.69, 9.17) is 10.6 Å². The molecule has 1 saturated heterocycles. The van der Waals surface area contributed by atoms with Crippen molar-refractivity contribution in [3.05, 3.63) is 23.2 Å². The Kier molecular flexibility index (Phi) is 5.84. The summed E-state index contributed by atoms with van der Waals surface area (Å²) in [6.07, 6.45) is 5.20. The summed E-state index contributed by atoms with van der Waals surface area (Å²) in [6, 6.07) is 0.412. The normalized spacial score (nSPS) is 24.0. The molecule has 0 aromatic heterocycles. The molecule has 0 radical (unpaired) electrons. The fourth-order valence-corrected chi connectivity index (χ4v) is 3.77. The summed E-state index contributed by atoms with van der Waals surface area (Å²) in [7, 11) is 0. The number of amides is 1. The first kappa shape index (κ1) is 18.7. The molecular weight excluding hydrogens is 335 g/mol. The quantitative estimate of drug-likeness (QED) is 0.581. The second-order valence-electron chi connectivity index (χ2n) is 7.30. The molecule has 2 N–H and O–H groups in total. The Bertz CT molecular complexity index is 639. The number of nitrogens with two attached hydrogens (primary N) is 1. The number of rotatable bonds is 6. The first-order chi connectivity index (χ1) is 12.5. The van der Waals surface area contributed by atoms with E-state index in [0.717, 1.165) is 12.4 Å². The van der Waals surface area contributed by atoms with Gasteiger partial charge in [-0.2, -0.15) is 5.10 Å². The molecule has 1 atom stereocenters. The largest absolute Gasteiger partial charge is 0.498 e. The summed E-state index contributed by atoms with van der Waals surface area (Å²) in [5.41, 5.74) is 0.554. The van der Waals surface area contributed by atoms with Gasteiger partial charge in [0.2, 0.25) is 5.91 Å². The Morgan fingerprint density at radius 1 is 1.42 bits per heavy atom. The number of amidine groups is 1. The van der Waals surface area contributed by atoms with Crippen molar-refractivity contribution in [3.8, 4) is 0 Å². The third-order valence-electron chi connectivity index (χ3n) is 5.57. The second-order valence-corrected chi connectivity index (χ2v) is 7.30. The minimum absolute atomic E-state index is 0.0664. The highest BCUT2D eigenvalue weighted by atomic mass is 19.1. The summed E-state index contributed by atoms with van der Waals surface area (Å²) in [4.78, 5) is 16.6. The lowest BCUT2D eigenvalue weighted by Crippen LogP contribution is -2.55. The maximum absolute atomic E-state index is 14.3. The van der Waals surface area contributed by atoms with Crippen molar-refractivity contribution in [1.29, 1.82) is 0 Å². The smallest absolute Gasteiger partial charge is 0.227 e. The average Bonchev–Trinajstić information content (AvgIpc) is 3.48. The number of halogens is 1. The maximum Gasteiger partial charge on any atom is 0.227 e. The number of piperazine rings is 1. The second kappa shape index (κ2) is 8.10. The Balaban J connectivity index is 1.60. The van der Waals surface area contributed by atoms with Crippen molar-refractivity contribution in [2.24, 2.45) is 16.9 Å². The van der Waals surface area contributed by atoms with Gasteiger partial charge in [-0.05, 0) is 44.6 Å². The van der Waals surface area contributed by atoms with Crippen LogP contribution in [0, 0.1) is 5.92 Å². The van der Waals surface area contributed by atoms with E-state index in [1.807, 2.05) is 6.92 Å². The van der Waals surface area contributed by atoms with E-state index in [1.165, 1.54) is 18.9 Å². The lowest BCUT2D eigenvalue weighted by molar-refractivity contribution is -0.130. The first-order valence-electron chi connectivity index (χ1n) is 9.55. The molecule has 2 fully saturated rings. The minimum atomic E-state index is -0.332. The molecule has 1 heterocycles. The molecule has 3 aliphatic rings. The summed E-state index contributed by atoms with van der Waals surface area (Å²) < 4.78 is 19.6. The summed E-state index contributed by atoms with van der Waals surface area (Å²) in [5, 5.41) is 3.92. The predicted octanol–water partition coefficient (Wildman–Crippen LogP) is 2.53. The lowest BCUT2D eigenvalue weighted by Gasteiger charge is -2.40. The van der Waals surface area contributed by atoms with Crippen molar-refractivity contribution in [2.45, 2.75) is 52.0 Å². The van der Waals surface area contributed by atoms with Crippen LogP contribution in [0.15, 0.2) is 28.3 Å². The topological polar surface area (TPSA) is 71.2 Å². The number of hydrazone groups is 1. The van der Waals surface area contributed by atoms with Gasteiger partial charge in [-0.1, -0.05) is 0 Å². The van der Waals surface area contributed by atoms with Gasteiger partial charge < -0.3 is 20.4 Å². The molecule has 1 unspecified atom stereocenters. The van der Waals surface area contributed by atoms with Gasteiger partial charge in [-0.3, -0.25) is 4.79 Å². The molecule has 2 aliphatic carbocycles. The van der Waals surface area contributed by atoms with Crippen LogP contribution < -0.4 is 5.84 Å². The molecule has 1 saturated carbocycles. The number of carbonyl (C=O) groups is 1. The van der Waals surface area contributed by atoms with Crippen LogP contribution in [-0.4, -0.2) is 53.8 Å². The highest BCUT2D eigenvalue weighted by Gasteiger charge is 2.36. The van der Waals surface area contributed by atoms with Gasteiger partial charge in [0.15, 0.2) is 0 Å². The molecule has 7 heteroatoms. The molecule has 26 heavy (non-hydrogen) atoms.